The van der Waals surface area contributed by atoms with Crippen LogP contribution in [0.3, 0.4) is 0 Å². The van der Waals surface area contributed by atoms with Gasteiger partial charge in [-0.05, 0) is 54.6 Å². The lowest BCUT2D eigenvalue weighted by atomic mass is 10.2. The molecule has 0 saturated carbocycles. The largest absolute Gasteiger partial charge is 0.368 e. The third-order valence-corrected chi connectivity index (χ3v) is 4.73. The monoisotopic (exact) mass is 395 g/mol. The summed E-state index contributed by atoms with van der Waals surface area (Å²) >= 11 is 0. The Hall–Kier alpha value is -3.55. The Kier molecular flexibility index (Phi) is 5.33. The minimum absolute atomic E-state index is 0.236. The van der Waals surface area contributed by atoms with Crippen molar-refractivity contribution in [3.63, 3.8) is 0 Å². The van der Waals surface area contributed by atoms with Crippen molar-refractivity contribution in [2.45, 2.75) is 0 Å². The van der Waals surface area contributed by atoms with E-state index in [0.717, 1.165) is 18.8 Å². The Morgan fingerprint density at radius 3 is 2.07 bits per heavy atom. The van der Waals surface area contributed by atoms with E-state index in [2.05, 4.69) is 20.2 Å². The minimum atomic E-state index is -0.384. The number of halogens is 2. The van der Waals surface area contributed by atoms with Gasteiger partial charge in [0.2, 0.25) is 5.95 Å². The molecule has 1 aliphatic heterocycles. The smallest absolute Gasteiger partial charge is 0.274 e. The average molecular weight is 395 g/mol. The molecule has 1 amide bonds. The quantitative estimate of drug-likeness (QED) is 0.734. The van der Waals surface area contributed by atoms with Crippen LogP contribution in [0, 0.1) is 11.6 Å². The number of carbonyl (C=O) groups excluding carboxylic acids is 1. The summed E-state index contributed by atoms with van der Waals surface area (Å²) in [5.41, 5.74) is 1.70. The van der Waals surface area contributed by atoms with Crippen LogP contribution in [-0.4, -0.2) is 42.1 Å². The van der Waals surface area contributed by atoms with Gasteiger partial charge in [0.1, 0.15) is 17.3 Å². The first-order chi connectivity index (χ1) is 14.1. The standard InChI is InChI=1S/C21H19F2N5O/c22-15-1-5-17(6-2-15)25-20(29)19-9-10-24-21(26-19)28-13-11-27(12-14-28)18-7-3-16(23)4-8-18/h1-10H,11-14H2,(H,25,29). The predicted octanol–water partition coefficient (Wildman–Crippen LogP) is 3.33. The van der Waals surface area contributed by atoms with Crippen LogP contribution in [-0.2, 0) is 0 Å². The summed E-state index contributed by atoms with van der Waals surface area (Å²) in [4.78, 5) is 25.3. The van der Waals surface area contributed by atoms with E-state index in [4.69, 9.17) is 0 Å². The molecular formula is C21H19F2N5O. The van der Waals surface area contributed by atoms with E-state index in [-0.39, 0.29) is 23.2 Å². The number of hydrogen-bond donors (Lipinski definition) is 1. The Morgan fingerprint density at radius 1 is 0.828 bits per heavy atom. The molecule has 6 nitrogen and oxygen atoms in total. The van der Waals surface area contributed by atoms with Crippen LogP contribution in [0.4, 0.5) is 26.1 Å². The van der Waals surface area contributed by atoms with Crippen molar-refractivity contribution < 1.29 is 13.6 Å². The van der Waals surface area contributed by atoms with Gasteiger partial charge in [0.05, 0.1) is 0 Å². The van der Waals surface area contributed by atoms with Gasteiger partial charge < -0.3 is 15.1 Å². The summed E-state index contributed by atoms with van der Waals surface area (Å²) in [7, 11) is 0. The molecule has 29 heavy (non-hydrogen) atoms. The summed E-state index contributed by atoms with van der Waals surface area (Å²) in [5, 5.41) is 2.70. The molecule has 1 fully saturated rings. The van der Waals surface area contributed by atoms with Crippen LogP contribution >= 0.6 is 0 Å². The topological polar surface area (TPSA) is 61.4 Å². The zero-order valence-corrected chi connectivity index (χ0v) is 15.6. The molecule has 148 valence electrons. The van der Waals surface area contributed by atoms with E-state index >= 15 is 0 Å². The van der Waals surface area contributed by atoms with Crippen LogP contribution in [0.5, 0.6) is 0 Å². The highest BCUT2D eigenvalue weighted by molar-refractivity contribution is 6.02. The van der Waals surface area contributed by atoms with Crippen LogP contribution in [0.25, 0.3) is 0 Å². The fourth-order valence-electron chi connectivity index (χ4n) is 3.17. The van der Waals surface area contributed by atoms with E-state index in [1.807, 2.05) is 4.90 Å². The lowest BCUT2D eigenvalue weighted by Crippen LogP contribution is -2.47. The van der Waals surface area contributed by atoms with Gasteiger partial charge in [-0.15, -0.1) is 0 Å². The molecule has 0 spiro atoms. The van der Waals surface area contributed by atoms with Gasteiger partial charge >= 0.3 is 0 Å². The van der Waals surface area contributed by atoms with Gasteiger partial charge in [-0.2, -0.15) is 0 Å². The number of piperazine rings is 1. The first-order valence-electron chi connectivity index (χ1n) is 9.24. The van der Waals surface area contributed by atoms with E-state index in [1.54, 1.807) is 18.3 Å². The molecule has 0 atom stereocenters. The number of carbonyl (C=O) groups is 1. The highest BCUT2D eigenvalue weighted by Gasteiger charge is 2.20. The first kappa shape index (κ1) is 18.8. The maximum absolute atomic E-state index is 13.1. The summed E-state index contributed by atoms with van der Waals surface area (Å²) in [5.74, 6) is -0.524. The molecule has 8 heteroatoms. The van der Waals surface area contributed by atoms with Crippen molar-refractivity contribution in [1.29, 1.82) is 0 Å². The third kappa shape index (κ3) is 4.48. The number of hydrogen-bond acceptors (Lipinski definition) is 5. The highest BCUT2D eigenvalue weighted by Crippen LogP contribution is 2.19. The molecule has 1 saturated heterocycles. The second kappa shape index (κ2) is 8.22. The molecule has 3 aromatic rings. The van der Waals surface area contributed by atoms with Gasteiger partial charge in [0.15, 0.2) is 0 Å². The second-order valence-electron chi connectivity index (χ2n) is 6.65. The van der Waals surface area contributed by atoms with Gasteiger partial charge in [-0.3, -0.25) is 4.79 Å². The zero-order chi connectivity index (χ0) is 20.2. The van der Waals surface area contributed by atoms with Crippen LogP contribution in [0.15, 0.2) is 60.8 Å². The van der Waals surface area contributed by atoms with E-state index in [1.165, 1.54) is 42.5 Å². The number of amides is 1. The predicted molar refractivity (Wildman–Crippen MR) is 107 cm³/mol. The molecule has 1 N–H and O–H groups in total. The molecule has 2 heterocycles. The Labute approximate surface area is 166 Å². The van der Waals surface area contributed by atoms with Gasteiger partial charge in [-0.25, -0.2) is 18.7 Å². The molecule has 0 aliphatic carbocycles. The maximum atomic E-state index is 13.1. The van der Waals surface area contributed by atoms with Gasteiger partial charge in [0.25, 0.3) is 5.91 Å². The summed E-state index contributed by atoms with van der Waals surface area (Å²) in [6, 6.07) is 13.5. The SMILES string of the molecule is O=C(Nc1ccc(F)cc1)c1ccnc(N2CCN(c3ccc(F)cc3)CC2)n1. The number of anilines is 3. The highest BCUT2D eigenvalue weighted by atomic mass is 19.1. The molecule has 0 bridgehead atoms. The van der Waals surface area contributed by atoms with E-state index in [9.17, 15) is 13.6 Å². The van der Waals surface area contributed by atoms with E-state index in [0.29, 0.717) is 24.7 Å². The summed E-state index contributed by atoms with van der Waals surface area (Å²) in [6.07, 6.45) is 1.55. The maximum Gasteiger partial charge on any atom is 0.274 e. The first-order valence-corrected chi connectivity index (χ1v) is 9.24. The molecule has 4 rings (SSSR count). The van der Waals surface area contributed by atoms with Crippen LogP contribution in [0.1, 0.15) is 10.5 Å². The average Bonchev–Trinajstić information content (AvgIpc) is 2.76. The van der Waals surface area contributed by atoms with Gasteiger partial charge in [0, 0.05) is 43.8 Å². The fourth-order valence-corrected chi connectivity index (χ4v) is 3.17. The van der Waals surface area contributed by atoms with Crippen molar-refractivity contribution in [1.82, 2.24) is 9.97 Å². The van der Waals surface area contributed by atoms with Gasteiger partial charge in [-0.1, -0.05) is 0 Å². The Morgan fingerprint density at radius 2 is 1.41 bits per heavy atom. The van der Waals surface area contributed by atoms with Crippen molar-refractivity contribution in [3.8, 4) is 0 Å². The molecule has 1 aliphatic rings. The number of rotatable bonds is 4. The van der Waals surface area contributed by atoms with Crippen molar-refractivity contribution in [2.75, 3.05) is 41.3 Å². The molecule has 0 unspecified atom stereocenters. The molecule has 2 aromatic carbocycles. The van der Waals surface area contributed by atoms with Crippen molar-refractivity contribution in [3.05, 3.63) is 78.1 Å². The summed E-state index contributed by atoms with van der Waals surface area (Å²) < 4.78 is 26.1. The number of nitrogens with one attached hydrogen (secondary N) is 1. The number of benzene rings is 2. The van der Waals surface area contributed by atoms with Crippen molar-refractivity contribution in [2.24, 2.45) is 0 Å². The number of nitrogens with zero attached hydrogens (tertiary/aromatic N) is 4. The van der Waals surface area contributed by atoms with Crippen LogP contribution in [0.2, 0.25) is 0 Å². The molecular weight excluding hydrogens is 376 g/mol. The lowest BCUT2D eigenvalue weighted by molar-refractivity contribution is 0.102. The second-order valence-corrected chi connectivity index (χ2v) is 6.65. The Bertz CT molecular complexity index is 987. The minimum Gasteiger partial charge on any atom is -0.368 e. The zero-order valence-electron chi connectivity index (χ0n) is 15.6. The summed E-state index contributed by atoms with van der Waals surface area (Å²) in [6.45, 7) is 2.84. The fraction of sp³-hybridized carbons (Fsp3) is 0.190. The van der Waals surface area contributed by atoms with Crippen molar-refractivity contribution >= 4 is 23.2 Å². The molecule has 1 aromatic heterocycles. The lowest BCUT2D eigenvalue weighted by Gasteiger charge is -2.36. The van der Waals surface area contributed by atoms with E-state index < -0.39 is 0 Å². The van der Waals surface area contributed by atoms with Crippen LogP contribution < -0.4 is 15.1 Å². The normalized spacial score (nSPS) is 14.0. The number of aromatic nitrogens is 2. The molecule has 0 radical (unpaired) electrons. The Balaban J connectivity index is 1.40. The third-order valence-electron chi connectivity index (χ3n) is 4.73.